The van der Waals surface area contributed by atoms with Crippen LogP contribution in [-0.2, 0) is 6.54 Å². The molecule has 25 heavy (non-hydrogen) atoms. The summed E-state index contributed by atoms with van der Waals surface area (Å²) in [6.45, 7) is 11.3. The molecule has 0 spiro atoms. The number of benzene rings is 1. The Morgan fingerprint density at radius 2 is 1.88 bits per heavy atom. The maximum Gasteiger partial charge on any atom is 0.261 e. The topological polar surface area (TPSA) is 50.2 Å². The smallest absolute Gasteiger partial charge is 0.261 e. The molecule has 5 nitrogen and oxygen atoms in total. The van der Waals surface area contributed by atoms with Gasteiger partial charge in [0.05, 0.1) is 16.9 Å². The number of para-hydroxylation sites is 1. The van der Waals surface area contributed by atoms with Crippen LogP contribution in [0, 0.1) is 0 Å². The molecule has 2 heterocycles. The van der Waals surface area contributed by atoms with Gasteiger partial charge in [0, 0.05) is 31.7 Å². The van der Waals surface area contributed by atoms with Gasteiger partial charge < -0.3 is 5.32 Å². The predicted octanol–water partition coefficient (Wildman–Crippen LogP) is 2.94. The molecule has 0 radical (unpaired) electrons. The van der Waals surface area contributed by atoms with Gasteiger partial charge in [-0.3, -0.25) is 14.3 Å². The number of nitrogens with one attached hydrogen (secondary N) is 1. The summed E-state index contributed by atoms with van der Waals surface area (Å²) >= 11 is 0. The molecule has 1 aromatic heterocycles. The minimum absolute atomic E-state index is 0.0837. The van der Waals surface area contributed by atoms with Crippen molar-refractivity contribution in [2.24, 2.45) is 0 Å². The second-order valence-electron chi connectivity index (χ2n) is 7.26. The van der Waals surface area contributed by atoms with Crippen molar-refractivity contribution in [2.75, 3.05) is 13.1 Å². The summed E-state index contributed by atoms with van der Waals surface area (Å²) in [6, 6.07) is 8.79. The summed E-state index contributed by atoms with van der Waals surface area (Å²) in [5.74, 6) is 0.925. The summed E-state index contributed by atoms with van der Waals surface area (Å²) in [6.07, 6.45) is 2.09. The lowest BCUT2D eigenvalue weighted by molar-refractivity contribution is 0.109. The Labute approximate surface area is 150 Å². The fraction of sp³-hybridized carbons (Fsp3) is 0.600. The molecule has 136 valence electrons. The van der Waals surface area contributed by atoms with E-state index in [0.29, 0.717) is 24.0 Å². The van der Waals surface area contributed by atoms with Crippen LogP contribution >= 0.6 is 0 Å². The molecule has 1 unspecified atom stereocenters. The monoisotopic (exact) mass is 342 g/mol. The lowest BCUT2D eigenvalue weighted by Gasteiger charge is -2.41. The van der Waals surface area contributed by atoms with Gasteiger partial charge in [0.1, 0.15) is 5.82 Å². The first-order valence-corrected chi connectivity index (χ1v) is 9.54. The molecule has 0 bridgehead atoms. The lowest BCUT2D eigenvalue weighted by atomic mass is 10.0. The molecule has 1 N–H and O–H groups in total. The van der Waals surface area contributed by atoms with E-state index < -0.39 is 0 Å². The quantitative estimate of drug-likeness (QED) is 0.908. The van der Waals surface area contributed by atoms with Crippen molar-refractivity contribution in [2.45, 2.75) is 65.2 Å². The van der Waals surface area contributed by atoms with Gasteiger partial charge in [-0.25, -0.2) is 4.98 Å². The van der Waals surface area contributed by atoms with E-state index in [9.17, 15) is 4.79 Å². The third-order valence-corrected chi connectivity index (χ3v) is 5.09. The van der Waals surface area contributed by atoms with Crippen LogP contribution in [0.1, 0.15) is 52.4 Å². The van der Waals surface area contributed by atoms with Gasteiger partial charge in [0.25, 0.3) is 5.56 Å². The Balaban J connectivity index is 2.11. The van der Waals surface area contributed by atoms with E-state index in [1.807, 2.05) is 35.8 Å². The SMILES string of the molecule is CCCC(c1nc2ccccc2c(=O)n1CC)N1C[C@@H](C)N[C@@H](C)C1. The standard InChI is InChI=1S/C20H30N4O/c1-5-9-18(23-12-14(3)21-15(4)13-23)19-22-17-11-8-7-10-16(17)20(25)24(19)6-2/h7-8,10-11,14-15,18,21H,5-6,9,12-13H2,1-4H3/t14-,15+,18?. The molecular formula is C20H30N4O. The summed E-state index contributed by atoms with van der Waals surface area (Å²) in [5, 5.41) is 4.31. The highest BCUT2D eigenvalue weighted by Crippen LogP contribution is 2.27. The van der Waals surface area contributed by atoms with E-state index in [4.69, 9.17) is 4.98 Å². The minimum Gasteiger partial charge on any atom is -0.309 e. The summed E-state index contributed by atoms with van der Waals surface area (Å²) < 4.78 is 1.88. The van der Waals surface area contributed by atoms with E-state index in [2.05, 4.69) is 31.0 Å². The average molecular weight is 342 g/mol. The van der Waals surface area contributed by atoms with Crippen LogP contribution in [0.4, 0.5) is 0 Å². The zero-order valence-electron chi connectivity index (χ0n) is 15.8. The molecule has 0 saturated carbocycles. The molecule has 3 atom stereocenters. The maximum atomic E-state index is 13.0. The highest BCUT2D eigenvalue weighted by molar-refractivity contribution is 5.77. The van der Waals surface area contributed by atoms with Crippen molar-refractivity contribution in [3.8, 4) is 0 Å². The summed E-state index contributed by atoms with van der Waals surface area (Å²) in [7, 11) is 0. The Morgan fingerprint density at radius 3 is 2.52 bits per heavy atom. The average Bonchev–Trinajstić information content (AvgIpc) is 2.59. The Morgan fingerprint density at radius 1 is 1.20 bits per heavy atom. The molecule has 2 aromatic rings. The number of hydrogen-bond acceptors (Lipinski definition) is 4. The van der Waals surface area contributed by atoms with Gasteiger partial charge in [-0.2, -0.15) is 0 Å². The number of rotatable bonds is 5. The van der Waals surface area contributed by atoms with Crippen LogP contribution < -0.4 is 10.9 Å². The molecule has 1 aromatic carbocycles. The molecular weight excluding hydrogens is 312 g/mol. The molecule has 1 aliphatic rings. The first kappa shape index (κ1) is 18.1. The van der Waals surface area contributed by atoms with E-state index in [0.717, 1.165) is 37.3 Å². The summed E-state index contributed by atoms with van der Waals surface area (Å²) in [4.78, 5) is 20.5. The van der Waals surface area contributed by atoms with E-state index in [-0.39, 0.29) is 11.6 Å². The second-order valence-corrected chi connectivity index (χ2v) is 7.26. The Kier molecular flexibility index (Phi) is 5.54. The van der Waals surface area contributed by atoms with Crippen LogP contribution in [0.2, 0.25) is 0 Å². The maximum absolute atomic E-state index is 13.0. The van der Waals surface area contributed by atoms with E-state index >= 15 is 0 Å². The Hall–Kier alpha value is -1.72. The molecule has 1 fully saturated rings. The van der Waals surface area contributed by atoms with Crippen molar-refractivity contribution in [3.63, 3.8) is 0 Å². The fourth-order valence-electron chi connectivity index (χ4n) is 4.12. The van der Waals surface area contributed by atoms with Crippen LogP contribution in [0.5, 0.6) is 0 Å². The van der Waals surface area contributed by atoms with Crippen molar-refractivity contribution < 1.29 is 0 Å². The van der Waals surface area contributed by atoms with Crippen molar-refractivity contribution >= 4 is 10.9 Å². The molecule has 0 amide bonds. The molecule has 5 heteroatoms. The number of fused-ring (bicyclic) bond motifs is 1. The van der Waals surface area contributed by atoms with Gasteiger partial charge in [0.15, 0.2) is 0 Å². The highest BCUT2D eigenvalue weighted by Gasteiger charge is 2.30. The molecule has 1 aliphatic heterocycles. The second kappa shape index (κ2) is 7.67. The van der Waals surface area contributed by atoms with Crippen LogP contribution in [0.25, 0.3) is 10.9 Å². The minimum atomic E-state index is 0.0837. The normalized spacial score (nSPS) is 23.0. The van der Waals surface area contributed by atoms with Gasteiger partial charge in [-0.05, 0) is 39.3 Å². The van der Waals surface area contributed by atoms with Crippen LogP contribution in [0.3, 0.4) is 0 Å². The van der Waals surface area contributed by atoms with E-state index in [1.165, 1.54) is 0 Å². The molecule has 1 saturated heterocycles. The Bertz CT molecular complexity index is 775. The number of hydrogen-bond donors (Lipinski definition) is 1. The number of aromatic nitrogens is 2. The van der Waals surface area contributed by atoms with E-state index in [1.54, 1.807) is 0 Å². The van der Waals surface area contributed by atoms with Gasteiger partial charge >= 0.3 is 0 Å². The number of nitrogens with zero attached hydrogens (tertiary/aromatic N) is 3. The van der Waals surface area contributed by atoms with Gasteiger partial charge in [0.2, 0.25) is 0 Å². The first-order chi connectivity index (χ1) is 12.0. The van der Waals surface area contributed by atoms with Crippen molar-refractivity contribution in [3.05, 3.63) is 40.4 Å². The summed E-state index contributed by atoms with van der Waals surface area (Å²) in [5.41, 5.74) is 0.893. The third-order valence-electron chi connectivity index (χ3n) is 5.09. The number of piperazine rings is 1. The van der Waals surface area contributed by atoms with Crippen molar-refractivity contribution in [1.82, 2.24) is 19.8 Å². The predicted molar refractivity (Wildman–Crippen MR) is 103 cm³/mol. The highest BCUT2D eigenvalue weighted by atomic mass is 16.1. The first-order valence-electron chi connectivity index (χ1n) is 9.54. The van der Waals surface area contributed by atoms with Crippen LogP contribution in [0.15, 0.2) is 29.1 Å². The lowest BCUT2D eigenvalue weighted by Crippen LogP contribution is -2.55. The fourth-order valence-corrected chi connectivity index (χ4v) is 4.12. The zero-order chi connectivity index (χ0) is 18.0. The zero-order valence-corrected chi connectivity index (χ0v) is 15.8. The van der Waals surface area contributed by atoms with Gasteiger partial charge in [-0.1, -0.05) is 25.5 Å². The van der Waals surface area contributed by atoms with Crippen LogP contribution in [-0.4, -0.2) is 39.6 Å². The third kappa shape index (κ3) is 3.62. The van der Waals surface area contributed by atoms with Gasteiger partial charge in [-0.15, -0.1) is 0 Å². The largest absolute Gasteiger partial charge is 0.309 e. The molecule has 3 rings (SSSR count). The molecule has 0 aliphatic carbocycles. The van der Waals surface area contributed by atoms with Crippen molar-refractivity contribution in [1.29, 1.82) is 0 Å².